The lowest BCUT2D eigenvalue weighted by molar-refractivity contribution is -0.115. The number of ether oxygens (including phenoxy) is 1. The monoisotopic (exact) mass is 438 g/mol. The average molecular weight is 439 g/mol. The third kappa shape index (κ3) is 5.80. The zero-order valence-electron chi connectivity index (χ0n) is 18.1. The number of hydrogen-bond donors (Lipinski definition) is 1. The lowest BCUT2D eigenvalue weighted by Gasteiger charge is -2.14. The Hall–Kier alpha value is -2.97. The Morgan fingerprint density at radius 2 is 1.90 bits per heavy atom. The molecule has 0 aliphatic rings. The predicted octanol–water partition coefficient (Wildman–Crippen LogP) is 4.22. The lowest BCUT2D eigenvalue weighted by Crippen LogP contribution is -2.23. The number of carbonyl (C=O) groups is 2. The molecular formula is C23H26N4O3S. The Bertz CT molecular complexity index is 1060. The summed E-state index contributed by atoms with van der Waals surface area (Å²) in [6, 6.07) is 14.9. The minimum Gasteiger partial charge on any atom is -0.383 e. The van der Waals surface area contributed by atoms with E-state index in [0.29, 0.717) is 29.6 Å². The van der Waals surface area contributed by atoms with Gasteiger partial charge in [-0.15, -0.1) is 10.2 Å². The number of carbonyl (C=O) groups excluding carboxylic acids is 2. The van der Waals surface area contributed by atoms with Crippen molar-refractivity contribution in [3.8, 4) is 11.4 Å². The maximum Gasteiger partial charge on any atom is 0.237 e. The van der Waals surface area contributed by atoms with Crippen molar-refractivity contribution >= 4 is 29.1 Å². The molecule has 3 rings (SSSR count). The molecule has 31 heavy (non-hydrogen) atoms. The zero-order valence-corrected chi connectivity index (χ0v) is 18.9. The summed E-state index contributed by atoms with van der Waals surface area (Å²) in [5.41, 5.74) is 3.36. The van der Waals surface area contributed by atoms with Gasteiger partial charge in [-0.3, -0.25) is 14.2 Å². The van der Waals surface area contributed by atoms with E-state index >= 15 is 0 Å². The quantitative estimate of drug-likeness (QED) is 0.398. The number of Topliss-reactive ketones (excluding diaryl/α,β-unsaturated/α-hetero) is 1. The number of methoxy groups -OCH3 is 1. The molecule has 1 atom stereocenters. The zero-order chi connectivity index (χ0) is 22.4. The van der Waals surface area contributed by atoms with Crippen LogP contribution in [0.4, 0.5) is 5.69 Å². The molecule has 0 saturated carbocycles. The number of amides is 1. The highest BCUT2D eigenvalue weighted by Crippen LogP contribution is 2.28. The Kier molecular flexibility index (Phi) is 7.59. The number of ketones is 1. The van der Waals surface area contributed by atoms with Crippen LogP contribution in [-0.2, 0) is 16.1 Å². The van der Waals surface area contributed by atoms with E-state index in [-0.39, 0.29) is 11.7 Å². The molecule has 1 aromatic heterocycles. The molecule has 0 spiro atoms. The topological polar surface area (TPSA) is 86.1 Å². The van der Waals surface area contributed by atoms with Crippen LogP contribution in [0, 0.1) is 6.92 Å². The third-order valence-electron chi connectivity index (χ3n) is 4.72. The molecular weight excluding hydrogens is 412 g/mol. The summed E-state index contributed by atoms with van der Waals surface area (Å²) in [5, 5.41) is 11.9. The highest BCUT2D eigenvalue weighted by molar-refractivity contribution is 8.00. The summed E-state index contributed by atoms with van der Waals surface area (Å²) in [6.07, 6.45) is 0. The molecule has 1 N–H and O–H groups in total. The molecule has 1 heterocycles. The average Bonchev–Trinajstić information content (AvgIpc) is 3.14. The number of rotatable bonds is 9. The number of anilines is 1. The van der Waals surface area contributed by atoms with Crippen molar-refractivity contribution in [3.63, 3.8) is 0 Å². The maximum absolute atomic E-state index is 12.7. The van der Waals surface area contributed by atoms with Gasteiger partial charge in [0.15, 0.2) is 16.8 Å². The van der Waals surface area contributed by atoms with Crippen LogP contribution in [0.15, 0.2) is 53.7 Å². The largest absolute Gasteiger partial charge is 0.383 e. The summed E-state index contributed by atoms with van der Waals surface area (Å²) >= 11 is 1.34. The van der Waals surface area contributed by atoms with Crippen LogP contribution in [0.5, 0.6) is 0 Å². The van der Waals surface area contributed by atoms with Crippen molar-refractivity contribution in [2.24, 2.45) is 0 Å². The van der Waals surface area contributed by atoms with Crippen molar-refractivity contribution < 1.29 is 14.3 Å². The van der Waals surface area contributed by atoms with Crippen LogP contribution in [0.25, 0.3) is 11.4 Å². The summed E-state index contributed by atoms with van der Waals surface area (Å²) in [7, 11) is 1.65. The van der Waals surface area contributed by atoms with Crippen LogP contribution in [-0.4, -0.2) is 45.4 Å². The van der Waals surface area contributed by atoms with Gasteiger partial charge in [0.05, 0.1) is 18.4 Å². The second-order valence-electron chi connectivity index (χ2n) is 7.20. The van der Waals surface area contributed by atoms with Gasteiger partial charge in [-0.1, -0.05) is 35.5 Å². The van der Waals surface area contributed by atoms with E-state index in [1.165, 1.54) is 18.7 Å². The van der Waals surface area contributed by atoms with Gasteiger partial charge in [0.1, 0.15) is 0 Å². The fourth-order valence-corrected chi connectivity index (χ4v) is 3.88. The molecule has 0 aliphatic carbocycles. The normalized spacial score (nSPS) is 11.9. The third-order valence-corrected chi connectivity index (χ3v) is 5.80. The fourth-order valence-electron chi connectivity index (χ4n) is 3.00. The molecule has 0 radical (unpaired) electrons. The lowest BCUT2D eigenvalue weighted by atomic mass is 10.1. The van der Waals surface area contributed by atoms with Gasteiger partial charge in [-0.2, -0.15) is 0 Å². The molecule has 1 amide bonds. The molecule has 3 aromatic rings. The fraction of sp³-hybridized carbons (Fsp3) is 0.304. The SMILES string of the molecule is COCCn1c(S[C@H](C)C(=O)Nc2ccc(C(C)=O)cc2)nnc1-c1cccc(C)c1. The van der Waals surface area contributed by atoms with Crippen LogP contribution >= 0.6 is 11.8 Å². The molecule has 0 aliphatic heterocycles. The van der Waals surface area contributed by atoms with Crippen molar-refractivity contribution in [2.75, 3.05) is 19.0 Å². The van der Waals surface area contributed by atoms with Gasteiger partial charge in [0.25, 0.3) is 0 Å². The molecule has 8 heteroatoms. The first-order valence-electron chi connectivity index (χ1n) is 9.96. The number of benzene rings is 2. The summed E-state index contributed by atoms with van der Waals surface area (Å²) in [6.45, 7) is 6.45. The second kappa shape index (κ2) is 10.4. The van der Waals surface area contributed by atoms with Crippen LogP contribution < -0.4 is 5.32 Å². The van der Waals surface area contributed by atoms with Crippen LogP contribution in [0.3, 0.4) is 0 Å². The minimum absolute atomic E-state index is 0.0124. The first-order valence-corrected chi connectivity index (χ1v) is 10.8. The minimum atomic E-state index is -0.400. The number of nitrogens with one attached hydrogen (secondary N) is 1. The predicted molar refractivity (Wildman–Crippen MR) is 122 cm³/mol. The Balaban J connectivity index is 1.75. The molecule has 0 saturated heterocycles. The van der Waals surface area contributed by atoms with Crippen molar-refractivity contribution in [3.05, 3.63) is 59.7 Å². The summed E-state index contributed by atoms with van der Waals surface area (Å²) in [4.78, 5) is 24.1. The van der Waals surface area contributed by atoms with Gasteiger partial charge in [-0.25, -0.2) is 0 Å². The van der Waals surface area contributed by atoms with E-state index in [1.54, 1.807) is 31.4 Å². The summed E-state index contributed by atoms with van der Waals surface area (Å²) in [5.74, 6) is 0.580. The van der Waals surface area contributed by atoms with Crippen molar-refractivity contribution in [2.45, 2.75) is 37.7 Å². The molecule has 2 aromatic carbocycles. The van der Waals surface area contributed by atoms with E-state index < -0.39 is 5.25 Å². The van der Waals surface area contributed by atoms with Crippen molar-refractivity contribution in [1.29, 1.82) is 0 Å². The number of aromatic nitrogens is 3. The smallest absolute Gasteiger partial charge is 0.237 e. The van der Waals surface area contributed by atoms with E-state index in [9.17, 15) is 9.59 Å². The van der Waals surface area contributed by atoms with Gasteiger partial charge < -0.3 is 10.1 Å². The van der Waals surface area contributed by atoms with Crippen molar-refractivity contribution in [1.82, 2.24) is 14.8 Å². The Morgan fingerprint density at radius 1 is 1.16 bits per heavy atom. The standard InChI is InChI=1S/C23H26N4O3S/c1-15-6-5-7-19(14-15)21-25-26-23(27(21)12-13-30-4)31-17(3)22(29)24-20-10-8-18(9-11-20)16(2)28/h5-11,14,17H,12-13H2,1-4H3,(H,24,29)/t17-/m1/s1. The van der Waals surface area contributed by atoms with E-state index in [4.69, 9.17) is 4.74 Å². The van der Waals surface area contributed by atoms with Crippen LogP contribution in [0.2, 0.25) is 0 Å². The highest BCUT2D eigenvalue weighted by Gasteiger charge is 2.21. The highest BCUT2D eigenvalue weighted by atomic mass is 32.2. The van der Waals surface area contributed by atoms with E-state index in [2.05, 4.69) is 21.6 Å². The maximum atomic E-state index is 12.7. The first kappa shape index (κ1) is 22.7. The first-order chi connectivity index (χ1) is 14.9. The second-order valence-corrected chi connectivity index (χ2v) is 8.51. The number of aryl methyl sites for hydroxylation is 1. The number of nitrogens with zero attached hydrogens (tertiary/aromatic N) is 3. The summed E-state index contributed by atoms with van der Waals surface area (Å²) < 4.78 is 7.23. The molecule has 0 bridgehead atoms. The van der Waals surface area contributed by atoms with Gasteiger partial charge >= 0.3 is 0 Å². The van der Waals surface area contributed by atoms with Gasteiger partial charge in [0, 0.05) is 23.9 Å². The van der Waals surface area contributed by atoms with Gasteiger partial charge in [0.2, 0.25) is 5.91 Å². The molecule has 162 valence electrons. The number of thioether (sulfide) groups is 1. The molecule has 0 unspecified atom stereocenters. The Labute approximate surface area is 186 Å². The Morgan fingerprint density at radius 3 is 2.55 bits per heavy atom. The molecule has 0 fully saturated rings. The number of hydrogen-bond acceptors (Lipinski definition) is 6. The van der Waals surface area contributed by atoms with Crippen LogP contribution in [0.1, 0.15) is 29.8 Å². The van der Waals surface area contributed by atoms with Gasteiger partial charge in [-0.05, 0) is 51.1 Å². The molecule has 7 nitrogen and oxygen atoms in total. The van der Waals surface area contributed by atoms with E-state index in [1.807, 2.05) is 36.6 Å². The van der Waals surface area contributed by atoms with E-state index in [0.717, 1.165) is 17.0 Å².